The van der Waals surface area contributed by atoms with Crippen molar-refractivity contribution in [2.24, 2.45) is 0 Å². The van der Waals surface area contributed by atoms with Gasteiger partial charge in [-0.25, -0.2) is 0 Å². The number of nitrogens with one attached hydrogen (secondary N) is 2. The van der Waals surface area contributed by atoms with Gasteiger partial charge in [0.2, 0.25) is 5.56 Å². The first-order valence-corrected chi connectivity index (χ1v) is 8.72. The van der Waals surface area contributed by atoms with Crippen molar-refractivity contribution in [1.82, 2.24) is 10.3 Å². The second-order valence-electron chi connectivity index (χ2n) is 5.67. The molecule has 2 aromatic carbocycles. The van der Waals surface area contributed by atoms with Gasteiger partial charge in [-0.15, -0.1) is 0 Å². The molecule has 0 fully saturated rings. The van der Waals surface area contributed by atoms with E-state index in [0.29, 0.717) is 36.3 Å². The van der Waals surface area contributed by atoms with Crippen LogP contribution in [0.25, 0.3) is 10.9 Å². The van der Waals surface area contributed by atoms with Crippen molar-refractivity contribution in [3.8, 4) is 0 Å². The number of hydrogen-bond donors (Lipinski definition) is 2. The molecule has 3 rings (SSSR count). The predicted octanol–water partition coefficient (Wildman–Crippen LogP) is 4.14. The molecule has 0 bridgehead atoms. The van der Waals surface area contributed by atoms with Crippen molar-refractivity contribution in [3.05, 3.63) is 80.1 Å². The van der Waals surface area contributed by atoms with Gasteiger partial charge in [-0.2, -0.15) is 0 Å². The zero-order chi connectivity index (χ0) is 17.6. The summed E-state index contributed by atoms with van der Waals surface area (Å²) in [5.74, 6) is 0. The fourth-order valence-electron chi connectivity index (χ4n) is 2.61. The number of aromatic nitrogens is 1. The highest BCUT2D eigenvalue weighted by molar-refractivity contribution is 6.35. The van der Waals surface area contributed by atoms with Crippen LogP contribution < -0.4 is 10.9 Å². The summed E-state index contributed by atoms with van der Waals surface area (Å²) in [5, 5.41) is 5.56. The van der Waals surface area contributed by atoms with Crippen molar-refractivity contribution in [2.75, 3.05) is 13.2 Å². The number of para-hydroxylation sites is 1. The Labute approximate surface area is 155 Å². The van der Waals surface area contributed by atoms with Gasteiger partial charge in [0.15, 0.2) is 0 Å². The number of benzene rings is 2. The summed E-state index contributed by atoms with van der Waals surface area (Å²) in [6.07, 6.45) is 0. The Morgan fingerprint density at radius 1 is 1.04 bits per heavy atom. The Bertz CT molecular complexity index is 925. The number of halogens is 2. The van der Waals surface area contributed by atoms with Gasteiger partial charge in [0.1, 0.15) is 0 Å². The van der Waals surface area contributed by atoms with Crippen LogP contribution >= 0.6 is 23.2 Å². The molecule has 1 aromatic heterocycles. The zero-order valence-corrected chi connectivity index (χ0v) is 15.0. The number of fused-ring (bicyclic) bond motifs is 1. The Morgan fingerprint density at radius 3 is 2.72 bits per heavy atom. The van der Waals surface area contributed by atoms with Gasteiger partial charge in [0.25, 0.3) is 0 Å². The van der Waals surface area contributed by atoms with E-state index >= 15 is 0 Å². The Hall–Kier alpha value is -1.85. The van der Waals surface area contributed by atoms with Crippen LogP contribution in [0.4, 0.5) is 0 Å². The summed E-state index contributed by atoms with van der Waals surface area (Å²) in [6.45, 7) is 2.26. The quantitative estimate of drug-likeness (QED) is 0.609. The van der Waals surface area contributed by atoms with Crippen LogP contribution in [0.15, 0.2) is 53.3 Å². The van der Waals surface area contributed by atoms with Gasteiger partial charge in [0.05, 0.1) is 13.2 Å². The van der Waals surface area contributed by atoms with E-state index in [0.717, 1.165) is 22.0 Å². The number of pyridine rings is 1. The summed E-state index contributed by atoms with van der Waals surface area (Å²) >= 11 is 12.0. The second kappa shape index (κ2) is 8.50. The molecule has 6 heteroatoms. The van der Waals surface area contributed by atoms with E-state index in [-0.39, 0.29) is 5.56 Å². The normalized spacial score (nSPS) is 11.1. The fourth-order valence-corrected chi connectivity index (χ4v) is 3.07. The van der Waals surface area contributed by atoms with Crippen LogP contribution in [0, 0.1) is 0 Å². The van der Waals surface area contributed by atoms with Gasteiger partial charge < -0.3 is 15.0 Å². The standard InChI is InChI=1S/C19H18Cl2N2O2/c20-15-6-5-13(17(21)10-15)12-25-8-7-22-11-14-9-19(24)23-18-4-2-1-3-16(14)18/h1-6,9-10,22H,7-8,11-12H2,(H,23,24). The van der Waals surface area contributed by atoms with Crippen molar-refractivity contribution in [1.29, 1.82) is 0 Å². The fraction of sp³-hybridized carbons (Fsp3) is 0.211. The van der Waals surface area contributed by atoms with Crippen LogP contribution in [-0.4, -0.2) is 18.1 Å². The van der Waals surface area contributed by atoms with E-state index < -0.39 is 0 Å². The maximum Gasteiger partial charge on any atom is 0.248 e. The van der Waals surface area contributed by atoms with Gasteiger partial charge in [-0.05, 0) is 29.3 Å². The first-order chi connectivity index (χ1) is 12.1. The van der Waals surface area contributed by atoms with Crippen LogP contribution in [0.2, 0.25) is 10.0 Å². The first-order valence-electron chi connectivity index (χ1n) is 7.97. The Morgan fingerprint density at radius 2 is 1.88 bits per heavy atom. The molecule has 4 nitrogen and oxygen atoms in total. The summed E-state index contributed by atoms with van der Waals surface area (Å²) in [7, 11) is 0. The van der Waals surface area contributed by atoms with Crippen LogP contribution in [0.1, 0.15) is 11.1 Å². The monoisotopic (exact) mass is 376 g/mol. The van der Waals surface area contributed by atoms with E-state index in [1.165, 1.54) is 0 Å². The summed E-state index contributed by atoms with van der Waals surface area (Å²) < 4.78 is 5.63. The summed E-state index contributed by atoms with van der Waals surface area (Å²) in [5.41, 5.74) is 2.64. The molecule has 130 valence electrons. The Balaban J connectivity index is 1.48. The minimum Gasteiger partial charge on any atom is -0.375 e. The largest absolute Gasteiger partial charge is 0.375 e. The van der Waals surface area contributed by atoms with Gasteiger partial charge in [0, 0.05) is 40.1 Å². The highest BCUT2D eigenvalue weighted by Gasteiger charge is 2.03. The molecule has 2 N–H and O–H groups in total. The smallest absolute Gasteiger partial charge is 0.248 e. The third-order valence-electron chi connectivity index (χ3n) is 3.85. The lowest BCUT2D eigenvalue weighted by atomic mass is 10.1. The lowest BCUT2D eigenvalue weighted by Gasteiger charge is -2.09. The molecular formula is C19H18Cl2N2O2. The second-order valence-corrected chi connectivity index (χ2v) is 6.51. The maximum atomic E-state index is 11.7. The van der Waals surface area contributed by atoms with Crippen molar-refractivity contribution >= 4 is 34.1 Å². The van der Waals surface area contributed by atoms with Crippen LogP contribution in [0.3, 0.4) is 0 Å². The maximum absolute atomic E-state index is 11.7. The number of hydrogen-bond acceptors (Lipinski definition) is 3. The molecule has 0 atom stereocenters. The predicted molar refractivity (Wildman–Crippen MR) is 102 cm³/mol. The van der Waals surface area contributed by atoms with E-state index in [9.17, 15) is 4.79 Å². The van der Waals surface area contributed by atoms with E-state index in [1.54, 1.807) is 18.2 Å². The highest BCUT2D eigenvalue weighted by atomic mass is 35.5. The SMILES string of the molecule is O=c1cc(CNCCOCc2ccc(Cl)cc2Cl)c2ccccc2[nH]1. The lowest BCUT2D eigenvalue weighted by Crippen LogP contribution is -2.20. The molecule has 0 saturated carbocycles. The number of rotatable bonds is 7. The average Bonchev–Trinajstić information content (AvgIpc) is 2.59. The molecule has 0 amide bonds. The number of H-pyrrole nitrogens is 1. The topological polar surface area (TPSA) is 54.1 Å². The molecule has 0 spiro atoms. The van der Waals surface area contributed by atoms with Crippen LogP contribution in [0.5, 0.6) is 0 Å². The summed E-state index contributed by atoms with van der Waals surface area (Å²) in [6, 6.07) is 14.8. The van der Waals surface area contributed by atoms with Gasteiger partial charge >= 0.3 is 0 Å². The van der Waals surface area contributed by atoms with E-state index in [4.69, 9.17) is 27.9 Å². The zero-order valence-electron chi connectivity index (χ0n) is 13.5. The first kappa shape index (κ1) is 18.0. The molecule has 0 unspecified atom stereocenters. The number of ether oxygens (including phenoxy) is 1. The molecule has 0 aliphatic heterocycles. The number of aromatic amines is 1. The Kier molecular flexibility index (Phi) is 6.10. The van der Waals surface area contributed by atoms with E-state index in [1.807, 2.05) is 30.3 Å². The van der Waals surface area contributed by atoms with Crippen LogP contribution in [-0.2, 0) is 17.9 Å². The third kappa shape index (κ3) is 4.83. The molecule has 25 heavy (non-hydrogen) atoms. The van der Waals surface area contributed by atoms with Crippen molar-refractivity contribution in [3.63, 3.8) is 0 Å². The van der Waals surface area contributed by atoms with Gasteiger partial charge in [-0.1, -0.05) is 47.5 Å². The van der Waals surface area contributed by atoms with Crippen molar-refractivity contribution in [2.45, 2.75) is 13.2 Å². The minimum absolute atomic E-state index is 0.0934. The van der Waals surface area contributed by atoms with E-state index in [2.05, 4.69) is 10.3 Å². The molecule has 0 aliphatic carbocycles. The third-order valence-corrected chi connectivity index (χ3v) is 4.43. The van der Waals surface area contributed by atoms with Crippen molar-refractivity contribution < 1.29 is 4.74 Å². The molecule has 0 radical (unpaired) electrons. The molecule has 1 heterocycles. The molecule has 0 saturated heterocycles. The molecule has 0 aliphatic rings. The minimum atomic E-state index is -0.0934. The lowest BCUT2D eigenvalue weighted by molar-refractivity contribution is 0.122. The highest BCUT2D eigenvalue weighted by Crippen LogP contribution is 2.21. The molecular weight excluding hydrogens is 359 g/mol. The molecule has 3 aromatic rings. The summed E-state index contributed by atoms with van der Waals surface area (Å²) in [4.78, 5) is 14.6. The average molecular weight is 377 g/mol. The van der Waals surface area contributed by atoms with Gasteiger partial charge in [-0.3, -0.25) is 4.79 Å².